The molecule has 5 nitrogen and oxygen atoms in total. The molecule has 1 spiro atoms. The van der Waals surface area contributed by atoms with E-state index in [1.807, 2.05) is 48.5 Å². The van der Waals surface area contributed by atoms with Gasteiger partial charge in [0.1, 0.15) is 5.75 Å². The number of ether oxygens (including phenoxy) is 2. The highest BCUT2D eigenvalue weighted by Gasteiger charge is 2.54. The van der Waals surface area contributed by atoms with Crippen molar-refractivity contribution in [2.75, 3.05) is 44.8 Å². The van der Waals surface area contributed by atoms with Crippen molar-refractivity contribution in [1.82, 2.24) is 4.90 Å². The predicted octanol–water partition coefficient (Wildman–Crippen LogP) is 4.42. The smallest absolute Gasteiger partial charge is 0.160 e. The summed E-state index contributed by atoms with van der Waals surface area (Å²) in [5.74, 6) is 2.09. The summed E-state index contributed by atoms with van der Waals surface area (Å²) in [5, 5.41) is 10.2. The number of hydrogen-bond acceptors (Lipinski definition) is 5. The number of anilines is 1. The van der Waals surface area contributed by atoms with E-state index in [0.29, 0.717) is 11.7 Å². The summed E-state index contributed by atoms with van der Waals surface area (Å²) in [6.07, 6.45) is 0. The van der Waals surface area contributed by atoms with Gasteiger partial charge in [0, 0.05) is 49.7 Å². The SMILES string of the molecule is COc1ccc(CN2CC(COc3ccccc3)C3(C2)CN(c2ccccc2)C3)cc1O. The molecule has 3 aromatic carbocycles. The maximum Gasteiger partial charge on any atom is 0.160 e. The number of benzene rings is 3. The molecule has 32 heavy (non-hydrogen) atoms. The number of hydrogen-bond donors (Lipinski definition) is 1. The Labute approximate surface area is 189 Å². The van der Waals surface area contributed by atoms with Crippen LogP contribution < -0.4 is 14.4 Å². The lowest BCUT2D eigenvalue weighted by molar-refractivity contribution is 0.111. The number of para-hydroxylation sites is 2. The maximum absolute atomic E-state index is 10.2. The van der Waals surface area contributed by atoms with Crippen molar-refractivity contribution in [2.24, 2.45) is 11.3 Å². The molecule has 2 heterocycles. The Hall–Kier alpha value is -3.18. The minimum absolute atomic E-state index is 0.196. The zero-order valence-electron chi connectivity index (χ0n) is 18.5. The van der Waals surface area contributed by atoms with Crippen LogP contribution in [0.3, 0.4) is 0 Å². The molecule has 0 aromatic heterocycles. The maximum atomic E-state index is 10.2. The number of likely N-dealkylation sites (tertiary alicyclic amines) is 1. The molecule has 0 amide bonds. The van der Waals surface area contributed by atoms with Crippen molar-refractivity contribution < 1.29 is 14.6 Å². The fourth-order valence-corrected chi connectivity index (χ4v) is 5.19. The lowest BCUT2D eigenvalue weighted by atomic mass is 9.71. The average molecular weight is 431 g/mol. The third kappa shape index (κ3) is 4.13. The van der Waals surface area contributed by atoms with Gasteiger partial charge in [-0.15, -0.1) is 0 Å². The average Bonchev–Trinajstić information content (AvgIpc) is 3.16. The van der Waals surface area contributed by atoms with Gasteiger partial charge in [-0.25, -0.2) is 0 Å². The fourth-order valence-electron chi connectivity index (χ4n) is 5.19. The number of phenols is 1. The molecule has 0 aliphatic carbocycles. The van der Waals surface area contributed by atoms with E-state index in [1.54, 1.807) is 7.11 Å². The lowest BCUT2D eigenvalue weighted by Gasteiger charge is -2.52. The molecular formula is C27H30N2O3. The van der Waals surface area contributed by atoms with Crippen molar-refractivity contribution in [3.8, 4) is 17.2 Å². The molecule has 166 valence electrons. The summed E-state index contributed by atoms with van der Waals surface area (Å²) in [4.78, 5) is 4.97. The standard InChI is InChI=1S/C27H30N2O3/c1-31-26-13-12-21(14-25(26)30)15-28-16-22(17-32-24-10-6-3-7-11-24)27(18-28)19-29(20-27)23-8-4-2-5-9-23/h2-14,22,30H,15-20H2,1H3. The van der Waals surface area contributed by atoms with Gasteiger partial charge in [0.15, 0.2) is 11.5 Å². The van der Waals surface area contributed by atoms with Gasteiger partial charge in [0.2, 0.25) is 0 Å². The summed E-state index contributed by atoms with van der Waals surface area (Å²) in [5.41, 5.74) is 2.61. The first-order valence-electron chi connectivity index (χ1n) is 11.2. The largest absolute Gasteiger partial charge is 0.504 e. The van der Waals surface area contributed by atoms with E-state index >= 15 is 0 Å². The van der Waals surface area contributed by atoms with E-state index in [2.05, 4.69) is 40.1 Å². The molecular weight excluding hydrogens is 400 g/mol. The second-order valence-corrected chi connectivity index (χ2v) is 9.05. The highest BCUT2D eigenvalue weighted by molar-refractivity contribution is 5.50. The number of rotatable bonds is 7. The van der Waals surface area contributed by atoms with Crippen LogP contribution in [0.15, 0.2) is 78.9 Å². The zero-order valence-corrected chi connectivity index (χ0v) is 18.5. The van der Waals surface area contributed by atoms with E-state index in [-0.39, 0.29) is 11.2 Å². The summed E-state index contributed by atoms with van der Waals surface area (Å²) in [6.45, 7) is 5.64. The van der Waals surface area contributed by atoms with Crippen LogP contribution in [0.5, 0.6) is 17.2 Å². The van der Waals surface area contributed by atoms with Crippen LogP contribution in [0.2, 0.25) is 0 Å². The Kier molecular flexibility index (Phi) is 5.66. The number of aromatic hydroxyl groups is 1. The lowest BCUT2D eigenvalue weighted by Crippen LogP contribution is -2.61. The van der Waals surface area contributed by atoms with Gasteiger partial charge in [0.25, 0.3) is 0 Å². The van der Waals surface area contributed by atoms with E-state index in [0.717, 1.165) is 50.6 Å². The molecule has 0 saturated carbocycles. The van der Waals surface area contributed by atoms with Crippen LogP contribution in [-0.2, 0) is 6.54 Å². The summed E-state index contributed by atoms with van der Waals surface area (Å²) in [6, 6.07) is 26.4. The number of phenolic OH excluding ortho intramolecular Hbond substituents is 1. The van der Waals surface area contributed by atoms with Crippen molar-refractivity contribution in [3.63, 3.8) is 0 Å². The topological polar surface area (TPSA) is 45.2 Å². The normalized spacial score (nSPS) is 19.7. The fraction of sp³-hybridized carbons (Fsp3) is 0.333. The van der Waals surface area contributed by atoms with Crippen molar-refractivity contribution >= 4 is 5.69 Å². The number of nitrogens with zero attached hydrogens (tertiary/aromatic N) is 2. The Morgan fingerprint density at radius 1 is 0.938 bits per heavy atom. The van der Waals surface area contributed by atoms with Gasteiger partial charge < -0.3 is 19.5 Å². The van der Waals surface area contributed by atoms with Gasteiger partial charge in [-0.05, 0) is 42.0 Å². The molecule has 2 saturated heterocycles. The van der Waals surface area contributed by atoms with Crippen LogP contribution in [0.1, 0.15) is 5.56 Å². The predicted molar refractivity (Wildman–Crippen MR) is 126 cm³/mol. The van der Waals surface area contributed by atoms with Crippen LogP contribution in [0, 0.1) is 11.3 Å². The molecule has 2 aliphatic rings. The Balaban J connectivity index is 1.30. The Bertz CT molecular complexity index is 1040. The molecule has 2 aliphatic heterocycles. The zero-order chi connectivity index (χ0) is 22.0. The van der Waals surface area contributed by atoms with Crippen LogP contribution >= 0.6 is 0 Å². The highest BCUT2D eigenvalue weighted by atomic mass is 16.5. The second-order valence-electron chi connectivity index (χ2n) is 9.05. The molecule has 1 unspecified atom stereocenters. The van der Waals surface area contributed by atoms with Gasteiger partial charge >= 0.3 is 0 Å². The van der Waals surface area contributed by atoms with E-state index < -0.39 is 0 Å². The van der Waals surface area contributed by atoms with Gasteiger partial charge in [0.05, 0.1) is 13.7 Å². The summed E-state index contributed by atoms with van der Waals surface area (Å²) < 4.78 is 11.4. The molecule has 3 aromatic rings. The molecule has 0 bridgehead atoms. The molecule has 0 radical (unpaired) electrons. The van der Waals surface area contributed by atoms with Crippen molar-refractivity contribution in [2.45, 2.75) is 6.54 Å². The third-order valence-electron chi connectivity index (χ3n) is 6.86. The Morgan fingerprint density at radius 3 is 2.34 bits per heavy atom. The molecule has 5 heteroatoms. The van der Waals surface area contributed by atoms with E-state index in [9.17, 15) is 5.11 Å². The monoisotopic (exact) mass is 430 g/mol. The number of methoxy groups -OCH3 is 1. The first kappa shape index (κ1) is 20.7. The molecule has 1 atom stereocenters. The van der Waals surface area contributed by atoms with Gasteiger partial charge in [-0.1, -0.05) is 42.5 Å². The Morgan fingerprint density at radius 2 is 1.66 bits per heavy atom. The minimum atomic E-state index is 0.196. The molecule has 2 fully saturated rings. The molecule has 5 rings (SSSR count). The van der Waals surface area contributed by atoms with Crippen LogP contribution in [-0.4, -0.2) is 49.9 Å². The van der Waals surface area contributed by atoms with Gasteiger partial charge in [-0.3, -0.25) is 4.90 Å². The van der Waals surface area contributed by atoms with Crippen molar-refractivity contribution in [3.05, 3.63) is 84.4 Å². The first-order valence-corrected chi connectivity index (χ1v) is 11.2. The van der Waals surface area contributed by atoms with Crippen LogP contribution in [0.4, 0.5) is 5.69 Å². The molecule has 1 N–H and O–H groups in total. The van der Waals surface area contributed by atoms with Crippen molar-refractivity contribution in [1.29, 1.82) is 0 Å². The van der Waals surface area contributed by atoms with E-state index in [1.165, 1.54) is 5.69 Å². The minimum Gasteiger partial charge on any atom is -0.504 e. The quantitative estimate of drug-likeness (QED) is 0.601. The van der Waals surface area contributed by atoms with Crippen LogP contribution in [0.25, 0.3) is 0 Å². The second kappa shape index (κ2) is 8.75. The summed E-state index contributed by atoms with van der Waals surface area (Å²) >= 11 is 0. The van der Waals surface area contributed by atoms with Gasteiger partial charge in [-0.2, -0.15) is 0 Å². The van der Waals surface area contributed by atoms with E-state index in [4.69, 9.17) is 9.47 Å². The summed E-state index contributed by atoms with van der Waals surface area (Å²) in [7, 11) is 1.57. The highest BCUT2D eigenvalue weighted by Crippen LogP contribution is 2.46. The third-order valence-corrected chi connectivity index (χ3v) is 6.86. The first-order chi connectivity index (χ1) is 15.6.